The molecule has 4 nitrogen and oxygen atoms in total. The van der Waals surface area contributed by atoms with E-state index in [-0.39, 0.29) is 6.23 Å². The minimum Gasteiger partial charge on any atom is -0.497 e. The maximum atomic E-state index is 6.06. The van der Waals surface area contributed by atoms with Gasteiger partial charge in [-0.3, -0.25) is 0 Å². The fraction of sp³-hybridized carbons (Fsp3) is 0.273. The van der Waals surface area contributed by atoms with Crippen molar-refractivity contribution < 1.29 is 9.47 Å². The minimum atomic E-state index is -0.0721. The van der Waals surface area contributed by atoms with E-state index in [0.29, 0.717) is 0 Å². The second-order valence-corrected chi connectivity index (χ2v) is 6.45. The summed E-state index contributed by atoms with van der Waals surface area (Å²) in [7, 11) is 1.70. The lowest BCUT2D eigenvalue weighted by Crippen LogP contribution is -2.23. The van der Waals surface area contributed by atoms with Gasteiger partial charge in [0.1, 0.15) is 5.75 Å². The third-order valence-corrected chi connectivity index (χ3v) is 4.93. The Morgan fingerprint density at radius 2 is 2.00 bits per heavy atom. The van der Waals surface area contributed by atoms with Crippen molar-refractivity contribution in [3.8, 4) is 11.4 Å². The van der Waals surface area contributed by atoms with Crippen LogP contribution in [0.1, 0.15) is 24.3 Å². The van der Waals surface area contributed by atoms with Gasteiger partial charge in [-0.25, -0.2) is 0 Å². The summed E-state index contributed by atoms with van der Waals surface area (Å²) in [6.45, 7) is 3.78. The van der Waals surface area contributed by atoms with Crippen LogP contribution < -0.4 is 9.64 Å². The Hall–Kier alpha value is -2.72. The number of para-hydroxylation sites is 1. The van der Waals surface area contributed by atoms with E-state index in [9.17, 15) is 0 Å². The first-order chi connectivity index (χ1) is 12.8. The molecule has 1 atom stereocenters. The topological polar surface area (TPSA) is 26.6 Å². The normalized spacial score (nSPS) is 16.8. The quantitative estimate of drug-likeness (QED) is 0.675. The van der Waals surface area contributed by atoms with E-state index in [1.165, 1.54) is 11.3 Å². The molecule has 134 valence electrons. The van der Waals surface area contributed by atoms with Gasteiger partial charge in [0, 0.05) is 41.9 Å². The fourth-order valence-electron chi connectivity index (χ4n) is 3.57. The molecule has 0 amide bonds. The highest BCUT2D eigenvalue weighted by atomic mass is 16.5. The molecule has 1 aliphatic heterocycles. The monoisotopic (exact) mass is 348 g/mol. The Morgan fingerprint density at radius 1 is 1.12 bits per heavy atom. The van der Waals surface area contributed by atoms with Gasteiger partial charge in [0.15, 0.2) is 6.23 Å². The maximum absolute atomic E-state index is 6.06. The Kier molecular flexibility index (Phi) is 4.67. The first-order valence-electron chi connectivity index (χ1n) is 9.08. The van der Waals surface area contributed by atoms with Crippen molar-refractivity contribution in [2.24, 2.45) is 0 Å². The summed E-state index contributed by atoms with van der Waals surface area (Å²) in [6.07, 6.45) is 5.24. The van der Waals surface area contributed by atoms with Crippen LogP contribution in [0.15, 0.2) is 67.0 Å². The Bertz CT molecular complexity index is 887. The van der Waals surface area contributed by atoms with Gasteiger partial charge in [0.25, 0.3) is 0 Å². The van der Waals surface area contributed by atoms with E-state index in [1.807, 2.05) is 12.1 Å². The van der Waals surface area contributed by atoms with E-state index in [4.69, 9.17) is 9.47 Å². The number of anilines is 1. The number of aryl methyl sites for hydroxylation is 1. The second kappa shape index (κ2) is 7.26. The SMILES string of the molecule is CCc1ccccc1-n1ccc([C@@H]2OCCN2c2cccc(OC)c2)c1. The summed E-state index contributed by atoms with van der Waals surface area (Å²) < 4.78 is 13.6. The van der Waals surface area contributed by atoms with Crippen LogP contribution in [-0.2, 0) is 11.2 Å². The van der Waals surface area contributed by atoms with Crippen molar-refractivity contribution in [2.75, 3.05) is 25.2 Å². The zero-order valence-corrected chi connectivity index (χ0v) is 15.3. The van der Waals surface area contributed by atoms with Crippen LogP contribution in [0, 0.1) is 0 Å². The molecule has 1 fully saturated rings. The maximum Gasteiger partial charge on any atom is 0.158 e. The zero-order chi connectivity index (χ0) is 17.9. The molecule has 0 radical (unpaired) electrons. The molecule has 0 N–H and O–H groups in total. The van der Waals surface area contributed by atoms with Crippen LogP contribution in [0.2, 0.25) is 0 Å². The number of hydrogen-bond donors (Lipinski definition) is 0. The van der Waals surface area contributed by atoms with Crippen LogP contribution >= 0.6 is 0 Å². The van der Waals surface area contributed by atoms with Gasteiger partial charge in [0.05, 0.1) is 13.7 Å². The highest BCUT2D eigenvalue weighted by molar-refractivity contribution is 5.53. The van der Waals surface area contributed by atoms with E-state index in [1.54, 1.807) is 7.11 Å². The summed E-state index contributed by atoms with van der Waals surface area (Å²) in [5.74, 6) is 0.864. The van der Waals surface area contributed by atoms with Crippen molar-refractivity contribution in [2.45, 2.75) is 19.6 Å². The number of methoxy groups -OCH3 is 1. The second-order valence-electron chi connectivity index (χ2n) is 6.45. The average Bonchev–Trinajstić information content (AvgIpc) is 3.37. The molecule has 0 bridgehead atoms. The number of benzene rings is 2. The third-order valence-electron chi connectivity index (χ3n) is 4.93. The summed E-state index contributed by atoms with van der Waals surface area (Å²) >= 11 is 0. The van der Waals surface area contributed by atoms with Gasteiger partial charge in [0.2, 0.25) is 0 Å². The molecule has 1 saturated heterocycles. The first-order valence-corrected chi connectivity index (χ1v) is 9.08. The Labute approximate surface area is 154 Å². The molecule has 2 heterocycles. The zero-order valence-electron chi connectivity index (χ0n) is 15.3. The van der Waals surface area contributed by atoms with E-state index < -0.39 is 0 Å². The number of rotatable bonds is 5. The first kappa shape index (κ1) is 16.7. The lowest BCUT2D eigenvalue weighted by Gasteiger charge is -2.25. The van der Waals surface area contributed by atoms with E-state index in [2.05, 4.69) is 71.2 Å². The van der Waals surface area contributed by atoms with Crippen LogP contribution in [0.25, 0.3) is 5.69 Å². The van der Waals surface area contributed by atoms with Crippen molar-refractivity contribution in [1.29, 1.82) is 0 Å². The summed E-state index contributed by atoms with van der Waals surface area (Å²) in [5, 5.41) is 0. The van der Waals surface area contributed by atoms with Gasteiger partial charge < -0.3 is 18.9 Å². The highest BCUT2D eigenvalue weighted by Gasteiger charge is 2.28. The molecular weight excluding hydrogens is 324 g/mol. The third kappa shape index (κ3) is 3.08. The molecule has 3 aromatic rings. The average molecular weight is 348 g/mol. The minimum absolute atomic E-state index is 0.0721. The van der Waals surface area contributed by atoms with Crippen molar-refractivity contribution >= 4 is 5.69 Å². The smallest absolute Gasteiger partial charge is 0.158 e. The Balaban J connectivity index is 1.64. The van der Waals surface area contributed by atoms with Crippen LogP contribution in [0.4, 0.5) is 5.69 Å². The van der Waals surface area contributed by atoms with Gasteiger partial charge in [-0.05, 0) is 36.2 Å². The number of aromatic nitrogens is 1. The summed E-state index contributed by atoms with van der Waals surface area (Å²) in [5.41, 5.74) is 4.85. The van der Waals surface area contributed by atoms with E-state index in [0.717, 1.165) is 36.6 Å². The summed E-state index contributed by atoms with van der Waals surface area (Å²) in [6, 6.07) is 18.8. The van der Waals surface area contributed by atoms with Gasteiger partial charge in [-0.2, -0.15) is 0 Å². The highest BCUT2D eigenvalue weighted by Crippen LogP contribution is 2.34. The predicted molar refractivity (Wildman–Crippen MR) is 104 cm³/mol. The number of ether oxygens (including phenoxy) is 2. The predicted octanol–water partition coefficient (Wildman–Crippen LogP) is 4.58. The largest absolute Gasteiger partial charge is 0.497 e. The number of nitrogens with zero attached hydrogens (tertiary/aromatic N) is 2. The molecular formula is C22H24N2O2. The summed E-state index contributed by atoms with van der Waals surface area (Å²) in [4.78, 5) is 2.29. The van der Waals surface area contributed by atoms with Gasteiger partial charge in [-0.1, -0.05) is 31.2 Å². The Morgan fingerprint density at radius 3 is 2.85 bits per heavy atom. The molecule has 0 unspecified atom stereocenters. The van der Waals surface area contributed by atoms with E-state index >= 15 is 0 Å². The molecule has 0 aliphatic carbocycles. The molecule has 4 rings (SSSR count). The number of hydrogen-bond acceptors (Lipinski definition) is 3. The molecule has 26 heavy (non-hydrogen) atoms. The molecule has 0 spiro atoms. The van der Waals surface area contributed by atoms with Crippen LogP contribution in [0.3, 0.4) is 0 Å². The fourth-order valence-corrected chi connectivity index (χ4v) is 3.57. The van der Waals surface area contributed by atoms with Gasteiger partial charge in [-0.15, -0.1) is 0 Å². The lowest BCUT2D eigenvalue weighted by molar-refractivity contribution is 0.114. The molecule has 1 aliphatic rings. The lowest BCUT2D eigenvalue weighted by atomic mass is 10.1. The molecule has 2 aromatic carbocycles. The molecule has 4 heteroatoms. The van der Waals surface area contributed by atoms with Crippen LogP contribution in [-0.4, -0.2) is 24.8 Å². The standard InChI is InChI=1S/C22H24N2O2/c1-3-17-7-4-5-10-21(17)23-12-11-18(16-23)22-24(13-14-26-22)19-8-6-9-20(15-19)25-2/h4-12,15-16,22H,3,13-14H2,1-2H3/t22-/m0/s1. The van der Waals surface area contributed by atoms with Crippen molar-refractivity contribution in [3.63, 3.8) is 0 Å². The van der Waals surface area contributed by atoms with Crippen molar-refractivity contribution in [1.82, 2.24) is 4.57 Å². The molecule has 0 saturated carbocycles. The van der Waals surface area contributed by atoms with Crippen molar-refractivity contribution in [3.05, 3.63) is 78.1 Å². The molecule has 1 aromatic heterocycles. The van der Waals surface area contributed by atoms with Crippen LogP contribution in [0.5, 0.6) is 5.75 Å². The van der Waals surface area contributed by atoms with Gasteiger partial charge >= 0.3 is 0 Å².